The molecule has 20 heavy (non-hydrogen) atoms. The van der Waals surface area contributed by atoms with Gasteiger partial charge in [0.15, 0.2) is 0 Å². The van der Waals surface area contributed by atoms with Crippen molar-refractivity contribution in [2.45, 2.75) is 12.8 Å². The number of fused-ring (bicyclic) bond motifs is 1. The maximum Gasteiger partial charge on any atom is 0.119 e. The monoisotopic (exact) mass is 299 g/mol. The molecule has 0 saturated carbocycles. The molecule has 0 unspecified atom stereocenters. The summed E-state index contributed by atoms with van der Waals surface area (Å²) in [5, 5.41) is 12.3. The third-order valence-electron chi connectivity index (χ3n) is 3.25. The molecular formula is C16H13NOS2. The van der Waals surface area contributed by atoms with Crippen LogP contribution in [0.3, 0.4) is 0 Å². The van der Waals surface area contributed by atoms with Crippen molar-refractivity contribution in [3.8, 4) is 11.8 Å². The van der Waals surface area contributed by atoms with Crippen LogP contribution in [0.4, 0.5) is 0 Å². The van der Waals surface area contributed by atoms with Crippen molar-refractivity contribution in [2.24, 2.45) is 0 Å². The van der Waals surface area contributed by atoms with Gasteiger partial charge in [-0.05, 0) is 35.2 Å². The molecule has 0 N–H and O–H groups in total. The molecule has 4 heteroatoms. The Hall–Kier alpha value is -1.83. The van der Waals surface area contributed by atoms with Crippen molar-refractivity contribution in [1.29, 1.82) is 5.26 Å². The number of hydrogen-bond acceptors (Lipinski definition) is 4. The van der Waals surface area contributed by atoms with Gasteiger partial charge in [-0.3, -0.25) is 0 Å². The lowest BCUT2D eigenvalue weighted by molar-refractivity contribution is 0.415. The first-order chi connectivity index (χ1) is 9.81. The first-order valence-electron chi connectivity index (χ1n) is 6.29. The fourth-order valence-corrected chi connectivity index (χ4v) is 4.33. The first kappa shape index (κ1) is 13.2. The van der Waals surface area contributed by atoms with Gasteiger partial charge in [0.05, 0.1) is 19.6 Å². The van der Waals surface area contributed by atoms with E-state index in [4.69, 9.17) is 10.00 Å². The summed E-state index contributed by atoms with van der Waals surface area (Å²) in [6.07, 6.45) is 1.37. The molecule has 3 aromatic rings. The standard InChI is InChI=1S/C16H13NOS2/c1-18-11-4-5-15-14(9-11)13(6-7-17)16(20-15)10-12-3-2-8-19-12/h2-5,8-9H,6,10H2,1H3. The van der Waals surface area contributed by atoms with Crippen molar-refractivity contribution in [3.05, 3.63) is 51.0 Å². The second-order valence-corrected chi connectivity index (χ2v) is 6.63. The average molecular weight is 299 g/mol. The molecule has 0 bridgehead atoms. The van der Waals surface area contributed by atoms with Crippen molar-refractivity contribution >= 4 is 32.8 Å². The molecule has 1 aromatic carbocycles. The molecule has 0 aliphatic rings. The van der Waals surface area contributed by atoms with Gasteiger partial charge in [0.25, 0.3) is 0 Å². The molecule has 0 saturated heterocycles. The van der Waals surface area contributed by atoms with Gasteiger partial charge in [0, 0.05) is 26.3 Å². The fraction of sp³-hybridized carbons (Fsp3) is 0.188. The van der Waals surface area contributed by atoms with Gasteiger partial charge in [0.1, 0.15) is 5.75 Å². The zero-order chi connectivity index (χ0) is 13.9. The molecule has 0 spiro atoms. The number of rotatable bonds is 4. The molecule has 0 radical (unpaired) electrons. The predicted octanol–water partition coefficient (Wildman–Crippen LogP) is 4.63. The molecule has 2 heterocycles. The summed E-state index contributed by atoms with van der Waals surface area (Å²) in [5.74, 6) is 0.845. The number of nitriles is 1. The van der Waals surface area contributed by atoms with Crippen LogP contribution in [0.2, 0.25) is 0 Å². The number of hydrogen-bond donors (Lipinski definition) is 0. The summed E-state index contributed by atoms with van der Waals surface area (Å²) in [5.41, 5.74) is 1.15. The SMILES string of the molecule is COc1ccc2sc(Cc3cccs3)c(CC#N)c2c1. The third kappa shape index (κ3) is 2.43. The van der Waals surface area contributed by atoms with Gasteiger partial charge < -0.3 is 4.74 Å². The van der Waals surface area contributed by atoms with E-state index in [0.29, 0.717) is 6.42 Å². The fourth-order valence-electron chi connectivity index (χ4n) is 2.29. The van der Waals surface area contributed by atoms with Gasteiger partial charge in [-0.15, -0.1) is 22.7 Å². The zero-order valence-corrected chi connectivity index (χ0v) is 12.7. The normalized spacial score (nSPS) is 10.6. The Morgan fingerprint density at radius 3 is 2.90 bits per heavy atom. The van der Waals surface area contributed by atoms with E-state index in [9.17, 15) is 0 Å². The van der Waals surface area contributed by atoms with E-state index in [2.05, 4.69) is 29.6 Å². The maximum absolute atomic E-state index is 9.10. The van der Waals surface area contributed by atoms with Gasteiger partial charge in [-0.2, -0.15) is 5.26 Å². The molecular weight excluding hydrogens is 286 g/mol. The van der Waals surface area contributed by atoms with Gasteiger partial charge in [0.2, 0.25) is 0 Å². The van der Waals surface area contributed by atoms with Crippen LogP contribution in [0, 0.1) is 11.3 Å². The summed E-state index contributed by atoms with van der Waals surface area (Å²) >= 11 is 3.54. The van der Waals surface area contributed by atoms with Gasteiger partial charge in [-0.1, -0.05) is 6.07 Å². The minimum Gasteiger partial charge on any atom is -0.497 e. The van der Waals surface area contributed by atoms with Crippen LogP contribution >= 0.6 is 22.7 Å². The Kier molecular flexibility index (Phi) is 3.72. The summed E-state index contributed by atoms with van der Waals surface area (Å²) in [6, 6.07) is 12.6. The van der Waals surface area contributed by atoms with E-state index in [1.165, 1.54) is 14.5 Å². The van der Waals surface area contributed by atoms with Gasteiger partial charge >= 0.3 is 0 Å². The number of ether oxygens (including phenoxy) is 1. The van der Waals surface area contributed by atoms with Crippen molar-refractivity contribution in [2.75, 3.05) is 7.11 Å². The van der Waals surface area contributed by atoms with Crippen molar-refractivity contribution < 1.29 is 4.74 Å². The Balaban J connectivity index is 2.11. The van der Waals surface area contributed by atoms with Crippen LogP contribution in [-0.4, -0.2) is 7.11 Å². The smallest absolute Gasteiger partial charge is 0.119 e. The van der Waals surface area contributed by atoms with Crippen LogP contribution in [0.1, 0.15) is 15.3 Å². The summed E-state index contributed by atoms with van der Waals surface area (Å²) in [7, 11) is 1.67. The second-order valence-electron chi connectivity index (χ2n) is 4.46. The lowest BCUT2D eigenvalue weighted by Crippen LogP contribution is -1.89. The van der Waals surface area contributed by atoms with E-state index in [0.717, 1.165) is 23.1 Å². The summed E-state index contributed by atoms with van der Waals surface area (Å²) in [6.45, 7) is 0. The quantitative estimate of drug-likeness (QED) is 0.703. The van der Waals surface area contributed by atoms with Crippen molar-refractivity contribution in [3.63, 3.8) is 0 Å². The third-order valence-corrected chi connectivity index (χ3v) is 5.34. The summed E-state index contributed by atoms with van der Waals surface area (Å²) < 4.78 is 6.52. The topological polar surface area (TPSA) is 33.0 Å². The minimum absolute atomic E-state index is 0.452. The molecule has 3 rings (SSSR count). The van der Waals surface area contributed by atoms with E-state index in [-0.39, 0.29) is 0 Å². The molecule has 2 nitrogen and oxygen atoms in total. The Morgan fingerprint density at radius 1 is 1.30 bits per heavy atom. The highest BCUT2D eigenvalue weighted by atomic mass is 32.1. The molecule has 0 atom stereocenters. The highest BCUT2D eigenvalue weighted by molar-refractivity contribution is 7.19. The highest BCUT2D eigenvalue weighted by Crippen LogP contribution is 2.36. The molecule has 2 aromatic heterocycles. The Bertz CT molecular complexity index is 766. The van der Waals surface area contributed by atoms with Crippen LogP contribution in [0.15, 0.2) is 35.7 Å². The average Bonchev–Trinajstić information content (AvgIpc) is 3.08. The number of methoxy groups -OCH3 is 1. The number of benzene rings is 1. The van der Waals surface area contributed by atoms with Gasteiger partial charge in [-0.25, -0.2) is 0 Å². The lowest BCUT2D eigenvalue weighted by Gasteiger charge is -2.01. The van der Waals surface area contributed by atoms with Crippen molar-refractivity contribution in [1.82, 2.24) is 0 Å². The molecule has 0 fully saturated rings. The number of nitrogens with zero attached hydrogens (tertiary/aromatic N) is 1. The van der Waals surface area contributed by atoms with Crippen LogP contribution in [0.25, 0.3) is 10.1 Å². The largest absolute Gasteiger partial charge is 0.497 e. The number of thiophene rings is 2. The lowest BCUT2D eigenvalue weighted by atomic mass is 10.1. The van der Waals surface area contributed by atoms with Crippen LogP contribution in [0.5, 0.6) is 5.75 Å². The van der Waals surface area contributed by atoms with Crippen LogP contribution in [-0.2, 0) is 12.8 Å². The first-order valence-corrected chi connectivity index (χ1v) is 7.99. The van der Waals surface area contributed by atoms with E-state index < -0.39 is 0 Å². The minimum atomic E-state index is 0.452. The highest BCUT2D eigenvalue weighted by Gasteiger charge is 2.13. The summed E-state index contributed by atoms with van der Waals surface area (Å²) in [4.78, 5) is 2.62. The van der Waals surface area contributed by atoms with Crippen LogP contribution < -0.4 is 4.74 Å². The molecule has 100 valence electrons. The zero-order valence-electron chi connectivity index (χ0n) is 11.1. The predicted molar refractivity (Wildman–Crippen MR) is 84.8 cm³/mol. The van der Waals surface area contributed by atoms with E-state index >= 15 is 0 Å². The Labute approximate surface area is 125 Å². The van der Waals surface area contributed by atoms with E-state index in [1.807, 2.05) is 12.1 Å². The molecule has 0 aliphatic carbocycles. The second kappa shape index (κ2) is 5.66. The Morgan fingerprint density at radius 2 is 2.20 bits per heavy atom. The molecule has 0 amide bonds. The maximum atomic E-state index is 9.10. The van der Waals surface area contributed by atoms with E-state index in [1.54, 1.807) is 29.8 Å². The molecule has 0 aliphatic heterocycles.